The van der Waals surface area contributed by atoms with Crippen LogP contribution in [0.2, 0.25) is 0 Å². The molecule has 1 heterocycles. The second-order valence-corrected chi connectivity index (χ2v) is 6.18. The van der Waals surface area contributed by atoms with Crippen molar-refractivity contribution in [2.75, 3.05) is 12.8 Å². The minimum atomic E-state index is -0.706. The van der Waals surface area contributed by atoms with Gasteiger partial charge in [-0.1, -0.05) is 18.2 Å². The number of carbonyl (C=O) groups excluding carboxylic acids is 1. The van der Waals surface area contributed by atoms with E-state index in [0.717, 1.165) is 11.6 Å². The number of carbonyl (C=O) groups is 1. The van der Waals surface area contributed by atoms with E-state index in [1.807, 2.05) is 18.2 Å². The van der Waals surface area contributed by atoms with Gasteiger partial charge in [0.15, 0.2) is 0 Å². The lowest BCUT2D eigenvalue weighted by molar-refractivity contribution is -0.106. The van der Waals surface area contributed by atoms with Crippen LogP contribution in [-0.2, 0) is 11.2 Å². The molecule has 0 saturated heterocycles. The topological polar surface area (TPSA) is 115 Å². The normalized spacial score (nSPS) is 10.1. The number of nitrogens with zero attached hydrogens (tertiary/aromatic N) is 2. The zero-order valence-corrected chi connectivity index (χ0v) is 16.7. The number of anilines is 1. The number of benzene rings is 2. The van der Waals surface area contributed by atoms with Gasteiger partial charge in [-0.3, -0.25) is 4.79 Å². The number of amides is 1. The molecule has 1 aromatic heterocycles. The molecule has 31 heavy (non-hydrogen) atoms. The van der Waals surface area contributed by atoms with E-state index in [2.05, 4.69) is 10.7 Å². The molecular formula is C23H20F2N4O2. The molecule has 0 bridgehead atoms. The fourth-order valence-electron chi connectivity index (χ4n) is 2.85. The second-order valence-electron chi connectivity index (χ2n) is 6.18. The molecule has 0 saturated carbocycles. The van der Waals surface area contributed by atoms with Crippen LogP contribution in [0.1, 0.15) is 16.7 Å². The molecule has 0 unspecified atom stereocenters. The number of pyridine rings is 1. The van der Waals surface area contributed by atoms with Crippen LogP contribution in [0.15, 0.2) is 54.7 Å². The minimum Gasteiger partial charge on any atom is -0.496 e. The number of aromatic nitrogens is 1. The third kappa shape index (κ3) is 5.87. The van der Waals surface area contributed by atoms with Crippen LogP contribution in [0.5, 0.6) is 5.75 Å². The van der Waals surface area contributed by atoms with Crippen molar-refractivity contribution < 1.29 is 18.3 Å². The summed E-state index contributed by atoms with van der Waals surface area (Å²) < 4.78 is 34.0. The molecule has 0 radical (unpaired) electrons. The first-order valence-electron chi connectivity index (χ1n) is 9.04. The molecule has 4 N–H and O–H groups in total. The number of nitrogens with two attached hydrogens (primary N) is 2. The summed E-state index contributed by atoms with van der Waals surface area (Å²) in [5.74, 6) is -0.538. The van der Waals surface area contributed by atoms with Gasteiger partial charge >= 0.3 is 0 Å². The molecular weight excluding hydrogens is 402 g/mol. The van der Waals surface area contributed by atoms with Crippen LogP contribution in [0, 0.1) is 23.0 Å². The van der Waals surface area contributed by atoms with Crippen LogP contribution in [0.3, 0.4) is 0 Å². The summed E-state index contributed by atoms with van der Waals surface area (Å²) in [4.78, 5) is 12.6. The maximum atomic E-state index is 14.8. The lowest BCUT2D eigenvalue weighted by Crippen LogP contribution is -1.96. The molecule has 3 rings (SSSR count). The van der Waals surface area contributed by atoms with Gasteiger partial charge in [0.1, 0.15) is 29.3 Å². The maximum absolute atomic E-state index is 14.8. The third-order valence-corrected chi connectivity index (χ3v) is 4.23. The van der Waals surface area contributed by atoms with Gasteiger partial charge in [0, 0.05) is 11.8 Å². The Morgan fingerprint density at radius 3 is 2.55 bits per heavy atom. The van der Waals surface area contributed by atoms with E-state index in [0.29, 0.717) is 23.4 Å². The number of halogens is 2. The first-order valence-corrected chi connectivity index (χ1v) is 9.04. The lowest BCUT2D eigenvalue weighted by Gasteiger charge is -2.12. The predicted molar refractivity (Wildman–Crippen MR) is 115 cm³/mol. The zero-order chi connectivity index (χ0) is 22.8. The Morgan fingerprint density at radius 1 is 1.19 bits per heavy atom. The van der Waals surface area contributed by atoms with Gasteiger partial charge < -0.3 is 16.2 Å². The van der Waals surface area contributed by atoms with Crippen molar-refractivity contribution in [2.45, 2.75) is 6.42 Å². The summed E-state index contributed by atoms with van der Waals surface area (Å²) in [5.41, 5.74) is 11.8. The second kappa shape index (κ2) is 11.1. The van der Waals surface area contributed by atoms with Crippen molar-refractivity contribution in [1.29, 1.82) is 5.26 Å². The van der Waals surface area contributed by atoms with Gasteiger partial charge in [0.05, 0.1) is 18.2 Å². The number of nitrogen functional groups attached to an aromatic ring is 1. The van der Waals surface area contributed by atoms with Crippen molar-refractivity contribution in [3.05, 3.63) is 83.1 Å². The molecule has 2 aromatic carbocycles. The largest absolute Gasteiger partial charge is 0.496 e. The van der Waals surface area contributed by atoms with Crippen molar-refractivity contribution >= 4 is 18.3 Å². The molecule has 3 aromatic rings. The molecule has 158 valence electrons. The Morgan fingerprint density at radius 2 is 1.94 bits per heavy atom. The summed E-state index contributed by atoms with van der Waals surface area (Å²) in [6, 6.07) is 12.4. The minimum absolute atomic E-state index is 0.0976. The number of primary amides is 1. The van der Waals surface area contributed by atoms with Crippen LogP contribution in [-0.4, -0.2) is 18.5 Å². The fourth-order valence-corrected chi connectivity index (χ4v) is 2.85. The van der Waals surface area contributed by atoms with E-state index in [4.69, 9.17) is 20.5 Å². The highest BCUT2D eigenvalue weighted by molar-refractivity contribution is 5.72. The van der Waals surface area contributed by atoms with Gasteiger partial charge in [-0.25, -0.2) is 13.8 Å². The van der Waals surface area contributed by atoms with Gasteiger partial charge in [-0.2, -0.15) is 5.26 Å². The maximum Gasteiger partial charge on any atom is 0.204 e. The number of hydrogen-bond donors (Lipinski definition) is 2. The number of ether oxygens (including phenoxy) is 1. The van der Waals surface area contributed by atoms with E-state index >= 15 is 0 Å². The highest BCUT2D eigenvalue weighted by atomic mass is 19.1. The van der Waals surface area contributed by atoms with Crippen molar-refractivity contribution in [3.8, 4) is 22.9 Å². The number of allylic oxidation sites excluding steroid dienone is 1. The molecule has 0 aliphatic heterocycles. The quantitative estimate of drug-likeness (QED) is 0.606. The smallest absolute Gasteiger partial charge is 0.204 e. The Hall–Kier alpha value is -4.25. The highest BCUT2D eigenvalue weighted by Gasteiger charge is 2.15. The summed E-state index contributed by atoms with van der Waals surface area (Å²) in [6.07, 6.45) is 5.97. The van der Waals surface area contributed by atoms with Gasteiger partial charge in [-0.15, -0.1) is 0 Å². The van der Waals surface area contributed by atoms with Gasteiger partial charge in [0.2, 0.25) is 6.41 Å². The number of nitriles is 1. The third-order valence-electron chi connectivity index (χ3n) is 4.23. The number of rotatable bonds is 5. The van der Waals surface area contributed by atoms with Crippen molar-refractivity contribution in [1.82, 2.24) is 4.98 Å². The van der Waals surface area contributed by atoms with Gasteiger partial charge in [-0.05, 0) is 53.9 Å². The average Bonchev–Trinajstić information content (AvgIpc) is 2.75. The molecule has 0 atom stereocenters. The van der Waals surface area contributed by atoms with Crippen molar-refractivity contribution in [3.63, 3.8) is 0 Å². The Kier molecular flexibility index (Phi) is 8.22. The van der Waals surface area contributed by atoms with Crippen LogP contribution in [0.4, 0.5) is 14.6 Å². The monoisotopic (exact) mass is 422 g/mol. The average molecular weight is 422 g/mol. The zero-order valence-electron chi connectivity index (χ0n) is 16.7. The SMILES string of the molecule is COc1cc(C/C=C\c2cccnc2N)cc(F)c1-c1ccc(C#N)c(F)c1.NC=O. The molecule has 0 aliphatic rings. The lowest BCUT2D eigenvalue weighted by atomic mass is 9.99. The highest BCUT2D eigenvalue weighted by Crippen LogP contribution is 2.35. The van der Waals surface area contributed by atoms with Crippen molar-refractivity contribution in [2.24, 2.45) is 5.73 Å². The van der Waals surface area contributed by atoms with E-state index in [1.54, 1.807) is 24.4 Å². The number of methoxy groups -OCH3 is 1. The van der Waals surface area contributed by atoms with Gasteiger partial charge in [0.25, 0.3) is 0 Å². The van der Waals surface area contributed by atoms with E-state index in [1.165, 1.54) is 25.3 Å². The Labute approximate surface area is 178 Å². The Bertz CT molecular complexity index is 1140. The molecule has 1 amide bonds. The molecule has 0 spiro atoms. The standard InChI is InChI=1S/C22H17F2N3O.CH3NO/c1-28-20-11-14(4-2-5-15-6-3-9-27-22(15)26)10-19(24)21(20)16-7-8-17(13-25)18(23)12-16;2-1-3/h2-3,5-12H,4H2,1H3,(H2,26,27);1H,(H2,2,3)/b5-2-;. The summed E-state index contributed by atoms with van der Waals surface area (Å²) >= 11 is 0. The summed E-state index contributed by atoms with van der Waals surface area (Å²) in [5, 5.41) is 8.85. The number of hydrogen-bond acceptors (Lipinski definition) is 5. The van der Waals surface area contributed by atoms with Crippen LogP contribution in [0.25, 0.3) is 17.2 Å². The molecule has 6 nitrogen and oxygen atoms in total. The first kappa shape index (κ1) is 23.0. The summed E-state index contributed by atoms with van der Waals surface area (Å²) in [6.45, 7) is 0. The van der Waals surface area contributed by atoms with Crippen LogP contribution >= 0.6 is 0 Å². The first-order chi connectivity index (χ1) is 14.9. The fraction of sp³-hybridized carbons (Fsp3) is 0.0870. The molecule has 0 aliphatic carbocycles. The van der Waals surface area contributed by atoms with E-state index < -0.39 is 11.6 Å². The molecule has 8 heteroatoms. The van der Waals surface area contributed by atoms with E-state index in [-0.39, 0.29) is 23.3 Å². The molecule has 0 fully saturated rings. The predicted octanol–water partition coefficient (Wildman–Crippen LogP) is 3.85. The summed E-state index contributed by atoms with van der Waals surface area (Å²) in [7, 11) is 1.42. The van der Waals surface area contributed by atoms with E-state index in [9.17, 15) is 8.78 Å². The Balaban J connectivity index is 0.00000107. The van der Waals surface area contributed by atoms with Crippen LogP contribution < -0.4 is 16.2 Å².